The molecule has 3 aromatic rings. The summed E-state index contributed by atoms with van der Waals surface area (Å²) in [5.41, 5.74) is 24.6. The van der Waals surface area contributed by atoms with E-state index in [-0.39, 0.29) is 37.0 Å². The van der Waals surface area contributed by atoms with Crippen LogP contribution in [0.3, 0.4) is 0 Å². The van der Waals surface area contributed by atoms with E-state index >= 15 is 0 Å². The van der Waals surface area contributed by atoms with Crippen molar-refractivity contribution in [2.24, 2.45) is 33.8 Å². The molecule has 0 aliphatic carbocycles. The molecule has 8 N–H and O–H groups in total. The summed E-state index contributed by atoms with van der Waals surface area (Å²) in [6.45, 7) is 15.5. The van der Waals surface area contributed by atoms with Crippen LogP contribution in [0.1, 0.15) is 113 Å². The fraction of sp³-hybridized carbons (Fsp3) is 0.440. The molecule has 0 unspecified atom stereocenters. The monoisotopic (exact) mass is 891 g/mol. The van der Waals surface area contributed by atoms with E-state index in [0.29, 0.717) is 51.6 Å². The lowest BCUT2D eigenvalue weighted by Gasteiger charge is -2.38. The van der Waals surface area contributed by atoms with Crippen LogP contribution in [0.4, 0.5) is 15.3 Å². The quantitative estimate of drug-likeness (QED) is 0.0819. The summed E-state index contributed by atoms with van der Waals surface area (Å²) >= 11 is 0. The van der Waals surface area contributed by atoms with Gasteiger partial charge in [0.15, 0.2) is 12.2 Å². The number of carbonyl (C=O) groups is 6. The molecule has 0 spiro atoms. The second-order valence-corrected chi connectivity index (χ2v) is 18.6. The number of para-hydroxylation sites is 1. The molecule has 2 saturated heterocycles. The maximum absolute atomic E-state index is 14.4. The maximum atomic E-state index is 14.4. The molecule has 65 heavy (non-hydrogen) atoms. The van der Waals surface area contributed by atoms with Crippen molar-refractivity contribution in [3.63, 3.8) is 0 Å². The van der Waals surface area contributed by atoms with Gasteiger partial charge in [-0.3, -0.25) is 19.2 Å². The minimum absolute atomic E-state index is 0.190. The molecular formula is C50H65N7O8. The molecule has 6 atom stereocenters. The third-order valence-electron chi connectivity index (χ3n) is 12.6. The number of carbonyl (C=O) groups excluding carboxylic acids is 6. The molecule has 2 fully saturated rings. The number of nitrogens with two attached hydrogens (primary N) is 4. The van der Waals surface area contributed by atoms with E-state index in [1.165, 1.54) is 0 Å². The highest BCUT2D eigenvalue weighted by Gasteiger charge is 2.48. The van der Waals surface area contributed by atoms with Crippen LogP contribution in [-0.2, 0) is 41.7 Å². The standard InChI is InChI=1S/C50H65N7O8/c1-7-12-37-24-26-39(56(37)45(60)43(64-47(53)62)49(3,4)28-41(51)58)34-20-16-32(17-21-34)30-55(36-14-10-9-11-15-36)31-33-18-22-35(23-19-33)40-27-25-38(13-8-2)57(40)46(61)44(65-48(54)63)50(5,6)29-42(52)59/h7-11,14-23,37-40,43-44H,1-2,12-13,24-31H2,3-6H3,(H2,51,58)(H2,52,59)(H2,53,62)(H2,54,63)/t37-,38-,39-,40-,43+,44+/m0/s1. The van der Waals surface area contributed by atoms with Gasteiger partial charge in [-0.2, -0.15) is 0 Å². The molecule has 0 radical (unpaired) electrons. The van der Waals surface area contributed by atoms with Crippen molar-refractivity contribution >= 4 is 41.5 Å². The number of nitrogens with zero attached hydrogens (tertiary/aromatic N) is 3. The molecule has 5 rings (SSSR count). The van der Waals surface area contributed by atoms with E-state index in [4.69, 9.17) is 32.4 Å². The summed E-state index contributed by atoms with van der Waals surface area (Å²) in [6, 6.07) is 25.3. The molecule has 6 amide bonds. The molecule has 2 aliphatic heterocycles. The van der Waals surface area contributed by atoms with Gasteiger partial charge in [-0.25, -0.2) is 9.59 Å². The summed E-state index contributed by atoms with van der Waals surface area (Å²) in [5, 5.41) is 0. The second-order valence-electron chi connectivity index (χ2n) is 18.6. The van der Waals surface area contributed by atoms with Crippen LogP contribution in [0.25, 0.3) is 0 Å². The van der Waals surface area contributed by atoms with E-state index in [9.17, 15) is 28.8 Å². The number of primary amides is 4. The fourth-order valence-corrected chi connectivity index (χ4v) is 9.62. The Labute approximate surface area is 382 Å². The van der Waals surface area contributed by atoms with Crippen LogP contribution >= 0.6 is 0 Å². The maximum Gasteiger partial charge on any atom is 0.405 e. The highest BCUT2D eigenvalue weighted by molar-refractivity contribution is 5.87. The summed E-state index contributed by atoms with van der Waals surface area (Å²) < 4.78 is 10.8. The minimum atomic E-state index is -1.33. The van der Waals surface area contributed by atoms with Crippen molar-refractivity contribution in [2.45, 2.75) is 129 Å². The van der Waals surface area contributed by atoms with Crippen LogP contribution < -0.4 is 27.8 Å². The third kappa shape index (κ3) is 12.3. The van der Waals surface area contributed by atoms with E-state index < -0.39 is 58.9 Å². The van der Waals surface area contributed by atoms with Crippen LogP contribution in [0.5, 0.6) is 0 Å². The largest absolute Gasteiger partial charge is 0.436 e. The number of hydrogen-bond donors (Lipinski definition) is 4. The van der Waals surface area contributed by atoms with Crippen LogP contribution in [-0.4, -0.2) is 69.9 Å². The average molecular weight is 892 g/mol. The molecule has 0 saturated carbocycles. The zero-order valence-corrected chi connectivity index (χ0v) is 38.0. The molecule has 3 aromatic carbocycles. The molecule has 2 aliphatic rings. The number of rotatable bonds is 21. The van der Waals surface area contributed by atoms with Crippen LogP contribution in [0, 0.1) is 10.8 Å². The lowest BCUT2D eigenvalue weighted by molar-refractivity contribution is -0.151. The molecule has 2 heterocycles. The summed E-state index contributed by atoms with van der Waals surface area (Å²) in [7, 11) is 0. The smallest absolute Gasteiger partial charge is 0.405 e. The molecule has 348 valence electrons. The van der Waals surface area contributed by atoms with Crippen LogP contribution in [0.15, 0.2) is 104 Å². The van der Waals surface area contributed by atoms with E-state index in [0.717, 1.165) is 27.9 Å². The number of amides is 6. The Hall–Kier alpha value is -6.64. The highest BCUT2D eigenvalue weighted by Crippen LogP contribution is 2.43. The topological polar surface area (TPSA) is 235 Å². The average Bonchev–Trinajstić information content (AvgIpc) is 3.86. The molecule has 0 bridgehead atoms. The normalized spacial score (nSPS) is 19.4. The predicted octanol–water partition coefficient (Wildman–Crippen LogP) is 6.84. The van der Waals surface area contributed by atoms with Gasteiger partial charge >= 0.3 is 12.2 Å². The van der Waals surface area contributed by atoms with Gasteiger partial charge < -0.3 is 47.1 Å². The van der Waals surface area contributed by atoms with Gasteiger partial charge in [-0.1, -0.05) is 107 Å². The lowest BCUT2D eigenvalue weighted by atomic mass is 9.81. The van der Waals surface area contributed by atoms with E-state index in [1.54, 1.807) is 49.6 Å². The number of benzene rings is 3. The van der Waals surface area contributed by atoms with Gasteiger partial charge in [-0.05, 0) is 72.9 Å². The lowest BCUT2D eigenvalue weighted by Crippen LogP contribution is -2.52. The first-order valence-corrected chi connectivity index (χ1v) is 22.1. The number of ether oxygens (including phenoxy) is 2. The van der Waals surface area contributed by atoms with Gasteiger partial charge in [0.2, 0.25) is 11.8 Å². The Morgan fingerprint density at radius 2 is 0.985 bits per heavy atom. The van der Waals surface area contributed by atoms with Gasteiger partial charge in [0.05, 0.1) is 12.1 Å². The van der Waals surface area contributed by atoms with E-state index in [1.807, 2.05) is 42.5 Å². The Bertz CT molecular complexity index is 2060. The first-order chi connectivity index (χ1) is 30.8. The van der Waals surface area contributed by atoms with Crippen molar-refractivity contribution in [3.05, 3.63) is 126 Å². The third-order valence-corrected chi connectivity index (χ3v) is 12.6. The van der Waals surface area contributed by atoms with Crippen molar-refractivity contribution in [2.75, 3.05) is 4.90 Å². The Balaban J connectivity index is 1.38. The van der Waals surface area contributed by atoms with Gasteiger partial charge in [0.25, 0.3) is 11.8 Å². The molecular weight excluding hydrogens is 827 g/mol. The predicted molar refractivity (Wildman–Crippen MR) is 248 cm³/mol. The van der Waals surface area contributed by atoms with Gasteiger partial charge in [0, 0.05) is 54.5 Å². The van der Waals surface area contributed by atoms with Gasteiger partial charge in [-0.15, -0.1) is 13.2 Å². The van der Waals surface area contributed by atoms with Crippen LogP contribution in [0.2, 0.25) is 0 Å². The molecule has 0 aromatic heterocycles. The van der Waals surface area contributed by atoms with Crippen molar-refractivity contribution in [1.82, 2.24) is 9.80 Å². The Kier molecular flexibility index (Phi) is 16.2. The highest BCUT2D eigenvalue weighted by atomic mass is 16.6. The summed E-state index contributed by atoms with van der Waals surface area (Å²) in [4.78, 5) is 82.6. The SMILES string of the molecule is C=CC[C@H]1CC[C@@H](c2ccc(CN(Cc3ccc([C@@H]4CC[C@H](CC=C)N4C(=O)[C@@H](OC(N)=O)C(C)(C)CC(N)=O)cc3)c3ccccc3)cc2)N1C(=O)[C@@H](OC(N)=O)C(C)(C)CC(N)=O. The Morgan fingerprint density at radius 1 is 0.615 bits per heavy atom. The number of anilines is 1. The van der Waals surface area contributed by atoms with Crippen molar-refractivity contribution < 1.29 is 38.2 Å². The zero-order valence-electron chi connectivity index (χ0n) is 38.0. The second kappa shape index (κ2) is 21.4. The fourth-order valence-electron chi connectivity index (χ4n) is 9.62. The summed E-state index contributed by atoms with van der Waals surface area (Å²) in [5.74, 6) is -2.14. The first kappa shape index (κ1) is 49.4. The molecule has 15 nitrogen and oxygen atoms in total. The van der Waals surface area contributed by atoms with E-state index in [2.05, 4.69) is 54.5 Å². The number of likely N-dealkylation sites (tertiary alicyclic amines) is 2. The van der Waals surface area contributed by atoms with Crippen molar-refractivity contribution in [3.8, 4) is 0 Å². The number of hydrogen-bond acceptors (Lipinski definition) is 9. The zero-order chi connectivity index (χ0) is 47.6. The minimum Gasteiger partial charge on any atom is -0.436 e. The van der Waals surface area contributed by atoms with Crippen molar-refractivity contribution in [1.29, 1.82) is 0 Å². The Morgan fingerprint density at radius 3 is 1.31 bits per heavy atom. The summed E-state index contributed by atoms with van der Waals surface area (Å²) in [6.07, 6.45) is 2.07. The van der Waals surface area contributed by atoms with Gasteiger partial charge in [0.1, 0.15) is 0 Å². The molecule has 15 heteroatoms. The first-order valence-electron chi connectivity index (χ1n) is 22.1.